The van der Waals surface area contributed by atoms with Crippen LogP contribution in [0, 0.1) is 0 Å². The fourth-order valence-corrected chi connectivity index (χ4v) is 3.74. The minimum Gasteiger partial charge on any atom is -0.394 e. The van der Waals surface area contributed by atoms with Gasteiger partial charge in [-0.1, -0.05) is 0 Å². The molecule has 2 heterocycles. The van der Waals surface area contributed by atoms with Crippen LogP contribution in [0.3, 0.4) is 0 Å². The van der Waals surface area contributed by atoms with Gasteiger partial charge in [0.25, 0.3) is 16.0 Å². The normalized spacial score (nSPS) is 45.2. The summed E-state index contributed by atoms with van der Waals surface area (Å²) in [6, 6.07) is 0. The smallest absolute Gasteiger partial charge is 0.294 e. The lowest BCUT2D eigenvalue weighted by atomic mass is 9.95. The van der Waals surface area contributed by atoms with Gasteiger partial charge >= 0.3 is 0 Å². The maximum absolute atomic E-state index is 11.4. The Bertz CT molecular complexity index is 748. The first kappa shape index (κ1) is 26.2. The van der Waals surface area contributed by atoms with Gasteiger partial charge in [-0.15, -0.1) is 0 Å². The van der Waals surface area contributed by atoms with Crippen molar-refractivity contribution in [1.29, 1.82) is 0 Å². The second kappa shape index (κ2) is 9.43. The highest BCUT2D eigenvalue weighted by Gasteiger charge is 2.59. The number of aliphatic hydroxyl groups is 8. The lowest BCUT2D eigenvalue weighted by molar-refractivity contribution is -0.390. The van der Waals surface area contributed by atoms with E-state index in [-0.39, 0.29) is 0 Å². The van der Waals surface area contributed by atoms with E-state index in [1.54, 1.807) is 5.32 Å². The van der Waals surface area contributed by atoms with Crippen molar-refractivity contribution >= 4 is 16.0 Å². The monoisotopic (exact) mass is 479 g/mol. The van der Waals surface area contributed by atoms with E-state index in [0.717, 1.165) is 6.92 Å². The third-order valence-corrected chi connectivity index (χ3v) is 5.66. The van der Waals surface area contributed by atoms with Crippen LogP contribution in [0.15, 0.2) is 0 Å². The van der Waals surface area contributed by atoms with E-state index in [1.807, 2.05) is 0 Å². The van der Waals surface area contributed by atoms with E-state index in [9.17, 15) is 54.1 Å². The third kappa shape index (κ3) is 5.30. The summed E-state index contributed by atoms with van der Waals surface area (Å²) in [5.41, 5.74) is -2.91. The van der Waals surface area contributed by atoms with E-state index in [0.29, 0.717) is 0 Å². The molecule has 17 heteroatoms. The Hall–Kier alpha value is -1.06. The number of hydrogen-bond acceptors (Lipinski definition) is 14. The molecule has 1 amide bonds. The maximum atomic E-state index is 11.4. The Balaban J connectivity index is 2.39. The summed E-state index contributed by atoms with van der Waals surface area (Å²) in [7, 11) is -5.34. The van der Waals surface area contributed by atoms with Crippen molar-refractivity contribution in [3.05, 3.63) is 0 Å². The zero-order chi connectivity index (χ0) is 23.9. The van der Waals surface area contributed by atoms with Crippen molar-refractivity contribution in [3.8, 4) is 0 Å². The fourth-order valence-electron chi connectivity index (χ4n) is 3.19. The first-order chi connectivity index (χ1) is 14.1. The molecule has 0 aromatic rings. The molecule has 2 aliphatic heterocycles. The zero-order valence-corrected chi connectivity index (χ0v) is 16.7. The lowest BCUT2D eigenvalue weighted by Gasteiger charge is -2.49. The average Bonchev–Trinajstić information content (AvgIpc) is 2.66. The Morgan fingerprint density at radius 1 is 1.13 bits per heavy atom. The number of carbonyl (C=O) groups is 1. The second-order valence-electron chi connectivity index (χ2n) is 7.10. The number of rotatable bonds is 6. The molecule has 2 fully saturated rings. The highest BCUT2D eigenvalue weighted by atomic mass is 32.2. The third-order valence-electron chi connectivity index (χ3n) is 4.78. The minimum absolute atomic E-state index is 0.865. The molecule has 2 aliphatic rings. The van der Waals surface area contributed by atoms with Gasteiger partial charge in [0, 0.05) is 6.92 Å². The molecule has 0 aromatic heterocycles. The second-order valence-corrected chi connectivity index (χ2v) is 8.61. The molecule has 2 unspecified atom stereocenters. The zero-order valence-electron chi connectivity index (χ0n) is 15.9. The maximum Gasteiger partial charge on any atom is 0.294 e. The van der Waals surface area contributed by atoms with Gasteiger partial charge in [-0.2, -0.15) is 8.42 Å². The van der Waals surface area contributed by atoms with Crippen molar-refractivity contribution in [2.45, 2.75) is 73.4 Å². The van der Waals surface area contributed by atoms with Gasteiger partial charge in [0.15, 0.2) is 12.4 Å². The van der Waals surface area contributed by atoms with E-state index >= 15 is 0 Å². The number of aliphatic hydroxyl groups excluding tert-OH is 7. The fraction of sp³-hybridized carbons (Fsp3) is 0.929. The summed E-state index contributed by atoms with van der Waals surface area (Å²) in [6.45, 7) is 0.00169. The molecule has 10 N–H and O–H groups in total. The standard InChI is InChI=1S/C14H25NO15S/c1-3(17)15-14(24)11(22)8(21)9(10(30-14)12(23)31(25,26)27)29-13-7(20)6(19)5(18)4(2-16)28-13/h4-13,16,18-24H,2H2,1H3,(H,15,17)(H,25,26,27)/t4-,5+,6+,7-,8+,9+,10+,11-,12?,13+,14?/m1/s1. The van der Waals surface area contributed by atoms with Gasteiger partial charge < -0.3 is 60.4 Å². The molecule has 0 spiro atoms. The van der Waals surface area contributed by atoms with Gasteiger partial charge in [0.05, 0.1) is 6.61 Å². The molecule has 182 valence electrons. The predicted molar refractivity (Wildman–Crippen MR) is 91.8 cm³/mol. The van der Waals surface area contributed by atoms with Crippen molar-refractivity contribution in [2.75, 3.05) is 6.61 Å². The lowest BCUT2D eigenvalue weighted by Crippen LogP contribution is -2.74. The highest BCUT2D eigenvalue weighted by Crippen LogP contribution is 2.33. The molecule has 0 radical (unpaired) electrons. The van der Waals surface area contributed by atoms with Crippen LogP contribution in [-0.2, 0) is 29.1 Å². The van der Waals surface area contributed by atoms with E-state index in [2.05, 4.69) is 0 Å². The van der Waals surface area contributed by atoms with Crippen LogP contribution in [0.2, 0.25) is 0 Å². The largest absolute Gasteiger partial charge is 0.394 e. The summed E-state index contributed by atoms with van der Waals surface area (Å²) in [4.78, 5) is 11.3. The van der Waals surface area contributed by atoms with Gasteiger partial charge in [0.2, 0.25) is 11.3 Å². The molecule has 11 atom stereocenters. The van der Waals surface area contributed by atoms with Crippen LogP contribution in [0.25, 0.3) is 0 Å². The number of hydrogen-bond donors (Lipinski definition) is 10. The number of nitrogens with one attached hydrogen (secondary N) is 1. The van der Waals surface area contributed by atoms with Gasteiger partial charge in [-0.3, -0.25) is 9.35 Å². The topological polar surface area (TPSA) is 273 Å². The Kier molecular flexibility index (Phi) is 7.97. The molecule has 0 bridgehead atoms. The summed E-state index contributed by atoms with van der Waals surface area (Å²) >= 11 is 0. The quantitative estimate of drug-likeness (QED) is 0.125. The molecule has 0 saturated carbocycles. The van der Waals surface area contributed by atoms with Gasteiger partial charge in [-0.05, 0) is 0 Å². The SMILES string of the molecule is CC(=O)NC1(O)O[C@H](C(O)S(=O)(=O)O)[C@@H](O[C@@H]2O[C@H](CO)[C@H](O)[C@H](O)[C@H]2O)[C@H](O)[C@H]1O. The summed E-state index contributed by atoms with van der Waals surface area (Å²) in [6.07, 6.45) is -18.6. The minimum atomic E-state index is -5.34. The van der Waals surface area contributed by atoms with Crippen LogP contribution < -0.4 is 5.32 Å². The molecule has 2 saturated heterocycles. The van der Waals surface area contributed by atoms with Crippen LogP contribution in [0.4, 0.5) is 0 Å². The van der Waals surface area contributed by atoms with Crippen LogP contribution in [0.5, 0.6) is 0 Å². The average molecular weight is 479 g/mol. The molecule has 31 heavy (non-hydrogen) atoms. The van der Waals surface area contributed by atoms with E-state index in [1.165, 1.54) is 0 Å². The van der Waals surface area contributed by atoms with E-state index in [4.69, 9.17) is 18.8 Å². The van der Waals surface area contributed by atoms with Crippen molar-refractivity contribution in [3.63, 3.8) is 0 Å². The summed E-state index contributed by atoms with van der Waals surface area (Å²) in [5.74, 6) is -4.15. The van der Waals surface area contributed by atoms with Crippen LogP contribution in [0.1, 0.15) is 6.92 Å². The Labute approximate surface area is 175 Å². The molecule has 0 aliphatic carbocycles. The Morgan fingerprint density at radius 3 is 2.19 bits per heavy atom. The molecule has 0 aromatic carbocycles. The number of amides is 1. The Morgan fingerprint density at radius 2 is 1.71 bits per heavy atom. The first-order valence-electron chi connectivity index (χ1n) is 8.79. The summed E-state index contributed by atoms with van der Waals surface area (Å²) in [5, 5.41) is 81.3. The molecule has 2 rings (SSSR count). The highest BCUT2D eigenvalue weighted by molar-refractivity contribution is 7.86. The molecular weight excluding hydrogens is 454 g/mol. The number of carbonyl (C=O) groups excluding carboxylic acids is 1. The van der Waals surface area contributed by atoms with Crippen molar-refractivity contribution < 1.29 is 72.8 Å². The van der Waals surface area contributed by atoms with E-state index < -0.39 is 89.1 Å². The van der Waals surface area contributed by atoms with Crippen LogP contribution in [-0.4, -0.2) is 133 Å². The molecule has 16 nitrogen and oxygen atoms in total. The van der Waals surface area contributed by atoms with Crippen molar-refractivity contribution in [1.82, 2.24) is 5.32 Å². The van der Waals surface area contributed by atoms with Crippen molar-refractivity contribution in [2.24, 2.45) is 0 Å². The summed E-state index contributed by atoms with van der Waals surface area (Å²) < 4.78 is 47.0. The first-order valence-corrected chi connectivity index (χ1v) is 10.3. The number of ether oxygens (including phenoxy) is 3. The van der Waals surface area contributed by atoms with Gasteiger partial charge in [-0.25, -0.2) is 0 Å². The van der Waals surface area contributed by atoms with Crippen LogP contribution >= 0.6 is 0 Å². The molecular formula is C14H25NO15S. The van der Waals surface area contributed by atoms with Gasteiger partial charge in [0.1, 0.15) is 42.7 Å². The predicted octanol–water partition coefficient (Wildman–Crippen LogP) is -6.72.